The van der Waals surface area contributed by atoms with Crippen molar-refractivity contribution >= 4 is 23.5 Å². The standard InChI is InChI=1S/C16H22ClNO3/c1-16(2,3)14(9-13(19)10-17)18-15(20)21-11-12-7-5-4-6-8-12/h4-8,14H,9-11H2,1-3H3,(H,18,20). The fourth-order valence-electron chi connectivity index (χ4n) is 1.76. The van der Waals surface area contributed by atoms with Crippen LogP contribution in [0.3, 0.4) is 0 Å². The van der Waals surface area contributed by atoms with E-state index in [0.29, 0.717) is 0 Å². The minimum Gasteiger partial charge on any atom is -0.445 e. The molecule has 1 N–H and O–H groups in total. The molecule has 0 heterocycles. The van der Waals surface area contributed by atoms with Crippen molar-refractivity contribution in [2.24, 2.45) is 5.41 Å². The van der Waals surface area contributed by atoms with Gasteiger partial charge in [0.1, 0.15) is 12.4 Å². The normalized spacial score (nSPS) is 12.6. The largest absolute Gasteiger partial charge is 0.445 e. The molecule has 0 bridgehead atoms. The number of Topliss-reactive ketones (excluding diaryl/α,β-unsaturated/α-hetero) is 1. The molecule has 0 aliphatic heterocycles. The second kappa shape index (κ2) is 8.03. The zero-order valence-electron chi connectivity index (χ0n) is 12.7. The van der Waals surface area contributed by atoms with Gasteiger partial charge in [-0.05, 0) is 11.0 Å². The van der Waals surface area contributed by atoms with Crippen LogP contribution in [0.1, 0.15) is 32.8 Å². The molecule has 0 fully saturated rings. The Morgan fingerprint density at radius 3 is 2.38 bits per heavy atom. The van der Waals surface area contributed by atoms with Crippen LogP contribution in [0.25, 0.3) is 0 Å². The van der Waals surface area contributed by atoms with E-state index >= 15 is 0 Å². The van der Waals surface area contributed by atoms with Crippen LogP contribution in [0.15, 0.2) is 30.3 Å². The molecule has 1 aromatic rings. The van der Waals surface area contributed by atoms with Gasteiger partial charge < -0.3 is 10.1 Å². The Morgan fingerprint density at radius 2 is 1.86 bits per heavy atom. The fourth-order valence-corrected chi connectivity index (χ4v) is 1.87. The SMILES string of the molecule is CC(C)(C)C(CC(=O)CCl)NC(=O)OCc1ccccc1. The van der Waals surface area contributed by atoms with E-state index in [1.54, 1.807) is 0 Å². The topological polar surface area (TPSA) is 55.4 Å². The number of alkyl carbamates (subject to hydrolysis) is 1. The maximum atomic E-state index is 11.9. The Morgan fingerprint density at radius 1 is 1.24 bits per heavy atom. The molecule has 0 saturated carbocycles. The lowest BCUT2D eigenvalue weighted by Gasteiger charge is -2.30. The summed E-state index contributed by atoms with van der Waals surface area (Å²) < 4.78 is 5.17. The van der Waals surface area contributed by atoms with Gasteiger partial charge in [0, 0.05) is 12.5 Å². The van der Waals surface area contributed by atoms with Gasteiger partial charge in [-0.2, -0.15) is 0 Å². The first kappa shape index (κ1) is 17.5. The molecule has 1 atom stereocenters. The number of alkyl halides is 1. The molecule has 0 saturated heterocycles. The number of carbonyl (C=O) groups is 2. The van der Waals surface area contributed by atoms with Crippen LogP contribution in [0.2, 0.25) is 0 Å². The Kier molecular flexibility index (Phi) is 6.69. The summed E-state index contributed by atoms with van der Waals surface area (Å²) in [5.74, 6) is -0.146. The van der Waals surface area contributed by atoms with E-state index in [0.717, 1.165) is 5.56 Å². The third kappa shape index (κ3) is 6.63. The molecule has 116 valence electrons. The monoisotopic (exact) mass is 311 g/mol. The summed E-state index contributed by atoms with van der Waals surface area (Å²) >= 11 is 5.53. The average Bonchev–Trinajstić information content (AvgIpc) is 2.44. The highest BCUT2D eigenvalue weighted by Gasteiger charge is 2.28. The summed E-state index contributed by atoms with van der Waals surface area (Å²) in [4.78, 5) is 23.4. The number of ether oxygens (including phenoxy) is 1. The van der Waals surface area contributed by atoms with Gasteiger partial charge in [-0.15, -0.1) is 11.6 Å². The van der Waals surface area contributed by atoms with Crippen LogP contribution >= 0.6 is 11.6 Å². The van der Waals surface area contributed by atoms with Crippen LogP contribution in [-0.2, 0) is 16.1 Å². The third-order valence-electron chi connectivity index (χ3n) is 3.13. The first-order valence-corrected chi connectivity index (χ1v) is 7.41. The summed E-state index contributed by atoms with van der Waals surface area (Å²) in [6.07, 6.45) is -0.325. The van der Waals surface area contributed by atoms with Gasteiger partial charge in [0.15, 0.2) is 0 Å². The van der Waals surface area contributed by atoms with Crippen molar-refractivity contribution in [3.8, 4) is 0 Å². The molecule has 1 unspecified atom stereocenters. The molecule has 1 rings (SSSR count). The highest BCUT2D eigenvalue weighted by atomic mass is 35.5. The highest BCUT2D eigenvalue weighted by molar-refractivity contribution is 6.27. The molecule has 0 aromatic heterocycles. The molecular formula is C16H22ClNO3. The Balaban J connectivity index is 2.54. The van der Waals surface area contributed by atoms with Crippen molar-refractivity contribution in [1.82, 2.24) is 5.32 Å². The molecule has 5 heteroatoms. The van der Waals surface area contributed by atoms with Crippen LogP contribution in [0.5, 0.6) is 0 Å². The van der Waals surface area contributed by atoms with Crippen molar-refractivity contribution in [3.63, 3.8) is 0 Å². The van der Waals surface area contributed by atoms with E-state index in [-0.39, 0.29) is 36.1 Å². The van der Waals surface area contributed by atoms with Crippen LogP contribution in [-0.4, -0.2) is 23.8 Å². The quantitative estimate of drug-likeness (QED) is 0.818. The van der Waals surface area contributed by atoms with Gasteiger partial charge >= 0.3 is 6.09 Å². The number of halogens is 1. The fraction of sp³-hybridized carbons (Fsp3) is 0.500. The summed E-state index contributed by atoms with van der Waals surface area (Å²) in [6.45, 7) is 6.07. The van der Waals surface area contributed by atoms with Crippen LogP contribution in [0, 0.1) is 5.41 Å². The summed E-state index contributed by atoms with van der Waals surface area (Å²) in [5, 5.41) is 2.75. The third-order valence-corrected chi connectivity index (χ3v) is 3.43. The van der Waals surface area contributed by atoms with E-state index in [2.05, 4.69) is 5.32 Å². The second-order valence-electron chi connectivity index (χ2n) is 6.00. The van der Waals surface area contributed by atoms with E-state index in [1.807, 2.05) is 51.1 Å². The predicted molar refractivity (Wildman–Crippen MR) is 83.3 cm³/mol. The van der Waals surface area contributed by atoms with E-state index in [1.165, 1.54) is 0 Å². The van der Waals surface area contributed by atoms with Gasteiger partial charge in [0.05, 0.1) is 5.88 Å². The zero-order valence-corrected chi connectivity index (χ0v) is 13.4. The molecule has 0 radical (unpaired) electrons. The minimum atomic E-state index is -0.527. The van der Waals surface area contributed by atoms with E-state index < -0.39 is 6.09 Å². The first-order valence-electron chi connectivity index (χ1n) is 6.88. The number of carbonyl (C=O) groups excluding carboxylic acids is 2. The van der Waals surface area contributed by atoms with Gasteiger partial charge in [-0.25, -0.2) is 4.79 Å². The Labute approximate surface area is 130 Å². The lowest BCUT2D eigenvalue weighted by Crippen LogP contribution is -2.45. The van der Waals surface area contributed by atoms with Crippen molar-refractivity contribution in [3.05, 3.63) is 35.9 Å². The lowest BCUT2D eigenvalue weighted by atomic mass is 9.84. The molecule has 1 aromatic carbocycles. The molecule has 21 heavy (non-hydrogen) atoms. The second-order valence-corrected chi connectivity index (χ2v) is 6.27. The molecule has 4 nitrogen and oxygen atoms in total. The number of amides is 1. The van der Waals surface area contributed by atoms with Crippen LogP contribution < -0.4 is 5.32 Å². The number of nitrogens with one attached hydrogen (secondary N) is 1. The maximum Gasteiger partial charge on any atom is 0.407 e. The lowest BCUT2D eigenvalue weighted by molar-refractivity contribution is -0.117. The van der Waals surface area contributed by atoms with Crippen molar-refractivity contribution < 1.29 is 14.3 Å². The van der Waals surface area contributed by atoms with Crippen LogP contribution in [0.4, 0.5) is 4.79 Å². The number of hydrogen-bond acceptors (Lipinski definition) is 3. The summed E-state index contributed by atoms with van der Waals surface area (Å²) in [6, 6.07) is 9.11. The summed E-state index contributed by atoms with van der Waals surface area (Å²) in [5.41, 5.74) is 0.657. The average molecular weight is 312 g/mol. The number of rotatable bonds is 6. The summed E-state index contributed by atoms with van der Waals surface area (Å²) in [7, 11) is 0. The number of benzene rings is 1. The molecule has 0 aliphatic rings. The minimum absolute atomic E-state index is 0.0483. The molecule has 0 spiro atoms. The molecule has 0 aliphatic carbocycles. The van der Waals surface area contributed by atoms with Gasteiger partial charge in [-0.3, -0.25) is 4.79 Å². The van der Waals surface area contributed by atoms with Crippen molar-refractivity contribution in [2.45, 2.75) is 39.8 Å². The maximum absolute atomic E-state index is 11.9. The van der Waals surface area contributed by atoms with Crippen molar-refractivity contribution in [1.29, 1.82) is 0 Å². The Bertz CT molecular complexity index is 468. The molecule has 1 amide bonds. The predicted octanol–water partition coefficient (Wildman–Crippen LogP) is 3.53. The first-order chi connectivity index (χ1) is 9.82. The van der Waals surface area contributed by atoms with Crippen molar-refractivity contribution in [2.75, 3.05) is 5.88 Å². The molecular weight excluding hydrogens is 290 g/mol. The highest BCUT2D eigenvalue weighted by Crippen LogP contribution is 2.22. The number of ketones is 1. The van der Waals surface area contributed by atoms with E-state index in [9.17, 15) is 9.59 Å². The Hall–Kier alpha value is -1.55. The van der Waals surface area contributed by atoms with Gasteiger partial charge in [-0.1, -0.05) is 51.1 Å². The van der Waals surface area contributed by atoms with Gasteiger partial charge in [0.2, 0.25) is 0 Å². The van der Waals surface area contributed by atoms with Gasteiger partial charge in [0.25, 0.3) is 0 Å². The number of hydrogen-bond donors (Lipinski definition) is 1. The smallest absolute Gasteiger partial charge is 0.407 e. The zero-order chi connectivity index (χ0) is 15.9. The van der Waals surface area contributed by atoms with E-state index in [4.69, 9.17) is 16.3 Å².